The maximum Gasteiger partial charge on any atom is 0.326 e. The van der Waals surface area contributed by atoms with Gasteiger partial charge in [0.05, 0.1) is 5.92 Å². The molecule has 1 aliphatic rings. The van der Waals surface area contributed by atoms with Crippen molar-refractivity contribution in [2.75, 3.05) is 13.1 Å². The van der Waals surface area contributed by atoms with E-state index in [0.29, 0.717) is 31.5 Å². The fraction of sp³-hybridized carbons (Fsp3) is 0.550. The van der Waals surface area contributed by atoms with Gasteiger partial charge in [-0.25, -0.2) is 4.79 Å². The first-order chi connectivity index (χ1) is 12.4. The van der Waals surface area contributed by atoms with Gasteiger partial charge >= 0.3 is 5.97 Å². The normalized spacial score (nSPS) is 18.2. The number of hydrogen-bond acceptors (Lipinski definition) is 3. The van der Waals surface area contributed by atoms with Crippen molar-refractivity contribution in [2.45, 2.75) is 52.0 Å². The Morgan fingerprint density at radius 1 is 1.27 bits per heavy atom. The van der Waals surface area contributed by atoms with Crippen molar-refractivity contribution in [3.05, 3.63) is 35.4 Å². The molecular formula is C20H28N2O4. The zero-order chi connectivity index (χ0) is 19.1. The molecule has 1 unspecified atom stereocenters. The van der Waals surface area contributed by atoms with Gasteiger partial charge in [-0.3, -0.25) is 9.59 Å². The van der Waals surface area contributed by atoms with E-state index in [-0.39, 0.29) is 17.7 Å². The van der Waals surface area contributed by atoms with E-state index in [2.05, 4.69) is 5.32 Å². The second-order valence-corrected chi connectivity index (χ2v) is 7.00. The predicted molar refractivity (Wildman–Crippen MR) is 98.9 cm³/mol. The van der Waals surface area contributed by atoms with E-state index >= 15 is 0 Å². The predicted octanol–water partition coefficient (Wildman–Crippen LogP) is 2.61. The molecule has 142 valence electrons. The molecule has 2 amide bonds. The van der Waals surface area contributed by atoms with Crippen molar-refractivity contribution in [1.29, 1.82) is 0 Å². The first-order valence-electron chi connectivity index (χ1n) is 9.31. The highest BCUT2D eigenvalue weighted by Gasteiger charge is 2.31. The average molecular weight is 360 g/mol. The van der Waals surface area contributed by atoms with Gasteiger partial charge < -0.3 is 15.3 Å². The number of rotatable bonds is 7. The summed E-state index contributed by atoms with van der Waals surface area (Å²) in [6, 6.07) is 6.53. The van der Waals surface area contributed by atoms with Crippen molar-refractivity contribution in [3.8, 4) is 0 Å². The molecule has 0 spiro atoms. The highest BCUT2D eigenvalue weighted by molar-refractivity contribution is 5.95. The number of carboxylic acids is 1. The summed E-state index contributed by atoms with van der Waals surface area (Å²) in [6.45, 7) is 4.90. The van der Waals surface area contributed by atoms with E-state index in [1.54, 1.807) is 17.0 Å². The molecule has 0 saturated carbocycles. The van der Waals surface area contributed by atoms with Gasteiger partial charge in [0, 0.05) is 18.7 Å². The fourth-order valence-electron chi connectivity index (χ4n) is 3.21. The Balaban J connectivity index is 1.97. The van der Waals surface area contributed by atoms with Gasteiger partial charge in [0.15, 0.2) is 0 Å². The lowest BCUT2D eigenvalue weighted by molar-refractivity contribution is -0.143. The first kappa shape index (κ1) is 19.9. The number of unbranched alkanes of at least 4 members (excludes halogenated alkanes) is 1. The van der Waals surface area contributed by atoms with Crippen molar-refractivity contribution in [1.82, 2.24) is 10.2 Å². The van der Waals surface area contributed by atoms with Gasteiger partial charge in [-0.15, -0.1) is 0 Å². The zero-order valence-electron chi connectivity index (χ0n) is 15.5. The minimum absolute atomic E-state index is 0.0803. The SMILES string of the molecule is CCCC[C@H](NC(=O)C1CCCN(C(=O)c2ccc(C)cc2)C1)C(=O)O. The molecule has 6 heteroatoms. The molecule has 1 aliphatic heterocycles. The summed E-state index contributed by atoms with van der Waals surface area (Å²) >= 11 is 0. The van der Waals surface area contributed by atoms with Crippen LogP contribution in [-0.4, -0.2) is 46.9 Å². The summed E-state index contributed by atoms with van der Waals surface area (Å²) in [5.41, 5.74) is 1.70. The second-order valence-electron chi connectivity index (χ2n) is 7.00. The number of aryl methyl sites for hydroxylation is 1. The number of aliphatic carboxylic acids is 1. The molecule has 26 heavy (non-hydrogen) atoms. The Bertz CT molecular complexity index is 642. The van der Waals surface area contributed by atoms with Gasteiger partial charge in [-0.05, 0) is 38.3 Å². The van der Waals surface area contributed by atoms with Gasteiger partial charge in [0.1, 0.15) is 6.04 Å². The number of amides is 2. The number of likely N-dealkylation sites (tertiary alicyclic amines) is 1. The molecule has 6 nitrogen and oxygen atoms in total. The lowest BCUT2D eigenvalue weighted by Gasteiger charge is -2.32. The summed E-state index contributed by atoms with van der Waals surface area (Å²) in [7, 11) is 0. The van der Waals surface area contributed by atoms with E-state index in [9.17, 15) is 19.5 Å². The van der Waals surface area contributed by atoms with Crippen molar-refractivity contribution in [2.24, 2.45) is 5.92 Å². The van der Waals surface area contributed by atoms with Crippen molar-refractivity contribution in [3.63, 3.8) is 0 Å². The monoisotopic (exact) mass is 360 g/mol. The smallest absolute Gasteiger partial charge is 0.326 e. The number of piperidine rings is 1. The van der Waals surface area contributed by atoms with E-state index in [1.165, 1.54) is 0 Å². The molecule has 1 saturated heterocycles. The standard InChI is InChI=1S/C20H28N2O4/c1-3-4-7-17(20(25)26)21-18(23)16-6-5-12-22(13-16)19(24)15-10-8-14(2)9-11-15/h8-11,16-17H,3-7,12-13H2,1-2H3,(H,21,23)(H,25,26)/t16?,17-/m0/s1. The molecule has 1 aromatic carbocycles. The molecule has 2 N–H and O–H groups in total. The molecule has 0 bridgehead atoms. The van der Waals surface area contributed by atoms with Gasteiger partial charge in [-0.2, -0.15) is 0 Å². The maximum atomic E-state index is 12.7. The molecule has 0 aromatic heterocycles. The quantitative estimate of drug-likeness (QED) is 0.782. The highest BCUT2D eigenvalue weighted by atomic mass is 16.4. The van der Waals surface area contributed by atoms with E-state index in [4.69, 9.17) is 0 Å². The third kappa shape index (κ3) is 5.31. The van der Waals surface area contributed by atoms with E-state index in [0.717, 1.165) is 24.8 Å². The Labute approximate surface area is 154 Å². The number of benzene rings is 1. The minimum atomic E-state index is -1.00. The molecular weight excluding hydrogens is 332 g/mol. The summed E-state index contributed by atoms with van der Waals surface area (Å²) in [5.74, 6) is -1.71. The van der Waals surface area contributed by atoms with Crippen molar-refractivity contribution >= 4 is 17.8 Å². The fourth-order valence-corrected chi connectivity index (χ4v) is 3.21. The summed E-state index contributed by atoms with van der Waals surface area (Å²) < 4.78 is 0. The Kier molecular flexibility index (Phi) is 7.18. The van der Waals surface area contributed by atoms with E-state index < -0.39 is 12.0 Å². The molecule has 1 heterocycles. The number of carboxylic acid groups (broad SMARTS) is 1. The van der Waals surface area contributed by atoms with Gasteiger partial charge in [-0.1, -0.05) is 37.5 Å². The summed E-state index contributed by atoms with van der Waals surface area (Å²) in [5, 5.41) is 11.9. The second kappa shape index (κ2) is 9.36. The van der Waals surface area contributed by atoms with Crippen LogP contribution >= 0.6 is 0 Å². The zero-order valence-corrected chi connectivity index (χ0v) is 15.5. The molecule has 2 rings (SSSR count). The number of nitrogens with one attached hydrogen (secondary N) is 1. The Morgan fingerprint density at radius 2 is 1.96 bits per heavy atom. The minimum Gasteiger partial charge on any atom is -0.480 e. The Morgan fingerprint density at radius 3 is 2.58 bits per heavy atom. The molecule has 1 aromatic rings. The summed E-state index contributed by atoms with van der Waals surface area (Å²) in [6.07, 6.45) is 3.46. The van der Waals surface area contributed by atoms with Crippen LogP contribution in [-0.2, 0) is 9.59 Å². The number of carbonyl (C=O) groups is 3. The maximum absolute atomic E-state index is 12.7. The van der Waals surface area contributed by atoms with Crippen LogP contribution in [0.25, 0.3) is 0 Å². The molecule has 2 atom stereocenters. The lowest BCUT2D eigenvalue weighted by atomic mass is 9.95. The molecule has 1 fully saturated rings. The van der Waals surface area contributed by atoms with Crippen LogP contribution in [0.5, 0.6) is 0 Å². The number of nitrogens with zero attached hydrogens (tertiary/aromatic N) is 1. The largest absolute Gasteiger partial charge is 0.480 e. The molecule has 0 aliphatic carbocycles. The topological polar surface area (TPSA) is 86.7 Å². The third-order valence-corrected chi connectivity index (χ3v) is 4.84. The van der Waals surface area contributed by atoms with Crippen molar-refractivity contribution < 1.29 is 19.5 Å². The highest BCUT2D eigenvalue weighted by Crippen LogP contribution is 2.19. The average Bonchev–Trinajstić information content (AvgIpc) is 2.64. The third-order valence-electron chi connectivity index (χ3n) is 4.84. The molecule has 0 radical (unpaired) electrons. The van der Waals surface area contributed by atoms with Gasteiger partial charge in [0.2, 0.25) is 5.91 Å². The van der Waals surface area contributed by atoms with Crippen LogP contribution in [0.2, 0.25) is 0 Å². The number of carbonyl (C=O) groups excluding carboxylic acids is 2. The van der Waals surface area contributed by atoms with Crippen LogP contribution < -0.4 is 5.32 Å². The van der Waals surface area contributed by atoms with E-state index in [1.807, 2.05) is 26.0 Å². The van der Waals surface area contributed by atoms with Crippen LogP contribution in [0, 0.1) is 12.8 Å². The van der Waals surface area contributed by atoms with Crippen LogP contribution in [0.1, 0.15) is 54.9 Å². The summed E-state index contributed by atoms with van der Waals surface area (Å²) in [4.78, 5) is 38.2. The first-order valence-corrected chi connectivity index (χ1v) is 9.31. The Hall–Kier alpha value is -2.37. The number of hydrogen-bond donors (Lipinski definition) is 2. The van der Waals surface area contributed by atoms with Crippen LogP contribution in [0.3, 0.4) is 0 Å². The lowest BCUT2D eigenvalue weighted by Crippen LogP contribution is -2.49. The van der Waals surface area contributed by atoms with Crippen LogP contribution in [0.4, 0.5) is 0 Å². The van der Waals surface area contributed by atoms with Crippen LogP contribution in [0.15, 0.2) is 24.3 Å². The van der Waals surface area contributed by atoms with Gasteiger partial charge in [0.25, 0.3) is 5.91 Å².